The van der Waals surface area contributed by atoms with Gasteiger partial charge >= 0.3 is 6.18 Å². The van der Waals surface area contributed by atoms with Gasteiger partial charge in [-0.15, -0.1) is 0 Å². The highest BCUT2D eigenvalue weighted by Gasteiger charge is 2.69. The summed E-state index contributed by atoms with van der Waals surface area (Å²) < 4.78 is 42.9. The number of hydrazone groups is 1. The van der Waals surface area contributed by atoms with Gasteiger partial charge in [0.05, 0.1) is 5.92 Å². The van der Waals surface area contributed by atoms with Crippen LogP contribution in [0.1, 0.15) is 56.8 Å². The number of alkyl halides is 3. The van der Waals surface area contributed by atoms with Crippen LogP contribution in [-0.2, 0) is 0 Å². The summed E-state index contributed by atoms with van der Waals surface area (Å²) >= 11 is 3.21. The first kappa shape index (κ1) is 21.3. The smallest absolute Gasteiger partial charge is 0.362 e. The van der Waals surface area contributed by atoms with Gasteiger partial charge in [-0.25, -0.2) is 0 Å². The third kappa shape index (κ3) is 3.38. The van der Waals surface area contributed by atoms with E-state index in [9.17, 15) is 23.1 Å². The number of fused-ring (bicyclic) bond motifs is 1. The molecule has 1 amide bonds. The first-order chi connectivity index (χ1) is 12.9. The molecule has 154 valence electrons. The quantitative estimate of drug-likeness (QED) is 0.659. The Hall–Kier alpha value is -1.41. The lowest BCUT2D eigenvalue weighted by atomic mass is 9.64. The van der Waals surface area contributed by atoms with Gasteiger partial charge in [0.1, 0.15) is 0 Å². The molecule has 0 unspecified atom stereocenters. The first-order valence-corrected chi connectivity index (χ1v) is 10.2. The molecule has 3 rings (SSSR count). The molecule has 1 aromatic carbocycles. The van der Waals surface area contributed by atoms with Gasteiger partial charge in [-0.2, -0.15) is 23.3 Å². The second-order valence-electron chi connectivity index (χ2n) is 8.31. The number of hydrogen-bond donors (Lipinski definition) is 1. The van der Waals surface area contributed by atoms with Crippen LogP contribution in [0.5, 0.6) is 0 Å². The average molecular weight is 461 g/mol. The number of nitrogens with zero attached hydrogens (tertiary/aromatic N) is 2. The molecule has 1 aliphatic heterocycles. The van der Waals surface area contributed by atoms with Gasteiger partial charge in [0.15, 0.2) is 0 Å². The maximum atomic E-state index is 14.1. The summed E-state index contributed by atoms with van der Waals surface area (Å²) in [5.41, 5.74) is -3.19. The topological polar surface area (TPSA) is 52.9 Å². The van der Waals surface area contributed by atoms with Crippen LogP contribution in [0.15, 0.2) is 33.8 Å². The lowest BCUT2D eigenvalue weighted by Crippen LogP contribution is -2.62. The van der Waals surface area contributed by atoms with Crippen molar-refractivity contribution >= 4 is 27.5 Å². The van der Waals surface area contributed by atoms with Crippen LogP contribution < -0.4 is 0 Å². The van der Waals surface area contributed by atoms with Crippen molar-refractivity contribution in [3.63, 3.8) is 0 Å². The summed E-state index contributed by atoms with van der Waals surface area (Å²) in [6.45, 7) is 6.08. The first-order valence-electron chi connectivity index (χ1n) is 9.38. The molecule has 1 saturated carbocycles. The molecule has 0 spiro atoms. The van der Waals surface area contributed by atoms with Crippen molar-refractivity contribution in [1.82, 2.24) is 5.01 Å². The van der Waals surface area contributed by atoms with Crippen molar-refractivity contribution in [2.24, 2.45) is 22.4 Å². The van der Waals surface area contributed by atoms with Crippen molar-refractivity contribution in [3.8, 4) is 0 Å². The van der Waals surface area contributed by atoms with E-state index in [0.29, 0.717) is 17.3 Å². The van der Waals surface area contributed by atoms with Gasteiger partial charge < -0.3 is 5.11 Å². The fourth-order valence-electron chi connectivity index (χ4n) is 4.16. The standard InChI is InChI=1S/C20H24BrF3N2O2/c1-4-18(2,3)13-8-9-16-15(11-13)19(28,20(22,23)24)26(25-16)17(27)12-6-5-7-14(21)10-12/h5-7,10,13,15,28H,4,8-9,11H2,1-3H3/t13-,15-,19-/m1/s1. The Morgan fingerprint density at radius 2 is 2.07 bits per heavy atom. The zero-order chi connectivity index (χ0) is 20.9. The average Bonchev–Trinajstić information content (AvgIpc) is 2.94. The Balaban J connectivity index is 2.01. The van der Waals surface area contributed by atoms with E-state index in [1.807, 2.05) is 20.8 Å². The van der Waals surface area contributed by atoms with Gasteiger partial charge in [0, 0.05) is 15.7 Å². The zero-order valence-corrected chi connectivity index (χ0v) is 17.6. The fraction of sp³-hybridized carbons (Fsp3) is 0.600. The zero-order valence-electron chi connectivity index (χ0n) is 16.1. The lowest BCUT2D eigenvalue weighted by Gasteiger charge is -2.43. The molecule has 0 radical (unpaired) electrons. The molecule has 1 aliphatic carbocycles. The number of halogens is 4. The third-order valence-corrected chi connectivity index (χ3v) is 6.90. The summed E-state index contributed by atoms with van der Waals surface area (Å²) in [6, 6.07) is 6.05. The Morgan fingerprint density at radius 1 is 1.39 bits per heavy atom. The summed E-state index contributed by atoms with van der Waals surface area (Å²) in [7, 11) is 0. The van der Waals surface area contributed by atoms with E-state index in [-0.39, 0.29) is 34.0 Å². The minimum Gasteiger partial charge on any atom is -0.362 e. The largest absolute Gasteiger partial charge is 0.439 e. The van der Waals surface area contributed by atoms with Gasteiger partial charge in [0.25, 0.3) is 11.6 Å². The van der Waals surface area contributed by atoms with Crippen molar-refractivity contribution in [2.75, 3.05) is 0 Å². The maximum absolute atomic E-state index is 14.1. The van der Waals surface area contributed by atoms with E-state index in [0.717, 1.165) is 6.42 Å². The number of amides is 1. The Kier molecular flexibility index (Phi) is 5.42. The summed E-state index contributed by atoms with van der Waals surface area (Å²) in [5, 5.41) is 15.1. The minimum absolute atomic E-state index is 0.0104. The molecule has 28 heavy (non-hydrogen) atoms. The van der Waals surface area contributed by atoms with Crippen LogP contribution in [0.4, 0.5) is 13.2 Å². The van der Waals surface area contributed by atoms with Gasteiger partial charge in [-0.05, 0) is 48.8 Å². The molecular formula is C20H24BrF3N2O2. The number of aliphatic hydroxyl groups is 1. The van der Waals surface area contributed by atoms with Gasteiger partial charge in [-0.1, -0.05) is 49.2 Å². The summed E-state index contributed by atoms with van der Waals surface area (Å²) in [6.07, 6.45) is -3.01. The van der Waals surface area contributed by atoms with Crippen LogP contribution in [0.3, 0.4) is 0 Å². The SMILES string of the molecule is CCC(C)(C)[C@@H]1CCC2=NN(C(=O)c3cccc(Br)c3)[C@](O)(C(F)(F)F)[C@@H]2C1. The number of hydrogen-bond acceptors (Lipinski definition) is 3. The monoisotopic (exact) mass is 460 g/mol. The van der Waals surface area contributed by atoms with E-state index < -0.39 is 23.7 Å². The van der Waals surface area contributed by atoms with Crippen molar-refractivity contribution in [1.29, 1.82) is 0 Å². The second-order valence-corrected chi connectivity index (χ2v) is 9.22. The molecule has 0 saturated heterocycles. The van der Waals surface area contributed by atoms with Gasteiger partial charge in [0.2, 0.25) is 0 Å². The van der Waals surface area contributed by atoms with Crippen LogP contribution in [0, 0.1) is 17.3 Å². The lowest BCUT2D eigenvalue weighted by molar-refractivity contribution is -0.314. The number of benzene rings is 1. The number of rotatable bonds is 3. The fourth-order valence-corrected chi connectivity index (χ4v) is 4.56. The van der Waals surface area contributed by atoms with E-state index >= 15 is 0 Å². The normalized spacial score (nSPS) is 28.1. The molecule has 1 fully saturated rings. The van der Waals surface area contributed by atoms with Crippen LogP contribution >= 0.6 is 15.9 Å². The van der Waals surface area contributed by atoms with Crippen LogP contribution in [0.2, 0.25) is 0 Å². The molecule has 1 heterocycles. The highest BCUT2D eigenvalue weighted by molar-refractivity contribution is 9.10. The number of carbonyl (C=O) groups is 1. The molecule has 0 aromatic heterocycles. The summed E-state index contributed by atoms with van der Waals surface area (Å²) in [4.78, 5) is 12.9. The highest BCUT2D eigenvalue weighted by atomic mass is 79.9. The number of carbonyl (C=O) groups excluding carboxylic acids is 1. The maximum Gasteiger partial charge on any atom is 0.439 e. The van der Waals surface area contributed by atoms with Crippen molar-refractivity contribution < 1.29 is 23.1 Å². The Morgan fingerprint density at radius 3 is 2.64 bits per heavy atom. The van der Waals surface area contributed by atoms with Gasteiger partial charge in [-0.3, -0.25) is 4.79 Å². The molecule has 8 heteroatoms. The molecular weight excluding hydrogens is 437 g/mol. The molecule has 2 aliphatic rings. The Labute approximate surface area is 170 Å². The van der Waals surface area contributed by atoms with Crippen molar-refractivity contribution in [2.45, 2.75) is 58.4 Å². The second kappa shape index (κ2) is 7.13. The summed E-state index contributed by atoms with van der Waals surface area (Å²) in [5.74, 6) is -2.20. The van der Waals surface area contributed by atoms with E-state index in [2.05, 4.69) is 21.0 Å². The van der Waals surface area contributed by atoms with E-state index in [4.69, 9.17) is 0 Å². The minimum atomic E-state index is -5.02. The van der Waals surface area contributed by atoms with Crippen molar-refractivity contribution in [3.05, 3.63) is 34.3 Å². The highest BCUT2D eigenvalue weighted by Crippen LogP contribution is 2.52. The third-order valence-electron chi connectivity index (χ3n) is 6.41. The molecule has 3 atom stereocenters. The molecule has 0 bridgehead atoms. The predicted molar refractivity (Wildman–Crippen MR) is 104 cm³/mol. The predicted octanol–water partition coefficient (Wildman–Crippen LogP) is 5.36. The van der Waals surface area contributed by atoms with E-state index in [1.54, 1.807) is 12.1 Å². The van der Waals surface area contributed by atoms with Crippen LogP contribution in [0.25, 0.3) is 0 Å². The molecule has 1 aromatic rings. The van der Waals surface area contributed by atoms with Crippen LogP contribution in [-0.4, -0.2) is 33.6 Å². The van der Waals surface area contributed by atoms with E-state index in [1.165, 1.54) is 12.1 Å². The molecule has 4 nitrogen and oxygen atoms in total. The Bertz CT molecular complexity index is 809. The molecule has 1 N–H and O–H groups in total.